The molecule has 47 heavy (non-hydrogen) atoms. The number of methoxy groups -OCH3 is 5. The Hall–Kier alpha value is -3.18. The number of aliphatic hydroxyl groups excluding tert-OH is 2. The summed E-state index contributed by atoms with van der Waals surface area (Å²) in [7, 11) is 7.82. The van der Waals surface area contributed by atoms with Gasteiger partial charge in [0.1, 0.15) is 29.4 Å². The van der Waals surface area contributed by atoms with Crippen molar-refractivity contribution in [1.82, 2.24) is 5.32 Å². The Morgan fingerprint density at radius 2 is 1.47 bits per heavy atom. The minimum absolute atomic E-state index is 0.121. The van der Waals surface area contributed by atoms with Gasteiger partial charge in [-0.1, -0.05) is 63.9 Å². The zero-order valence-electron chi connectivity index (χ0n) is 29.8. The number of hydrogen-bond donors (Lipinski definition) is 3. The van der Waals surface area contributed by atoms with Crippen LogP contribution in [-0.4, -0.2) is 82.2 Å². The third-order valence-corrected chi connectivity index (χ3v) is 9.30. The molecule has 10 heteroatoms. The highest BCUT2D eigenvalue weighted by Gasteiger charge is 2.38. The number of rotatable bonds is 21. The molecule has 5 atom stereocenters. The highest BCUT2D eigenvalue weighted by molar-refractivity contribution is 5.95. The SMILES string of the molecule is COC(=O)c1c(OC)cc(OC)c(C)c1CCCCCC(OC)C(C)(C)C(CCC(O)NC(=O)C(O)C(C)Cc1ccccc1)OC. The smallest absolute Gasteiger partial charge is 0.341 e. The third kappa shape index (κ3) is 11.2. The van der Waals surface area contributed by atoms with E-state index in [1.807, 2.05) is 44.2 Å². The molecular weight excluding hydrogens is 602 g/mol. The van der Waals surface area contributed by atoms with E-state index in [2.05, 4.69) is 19.2 Å². The molecule has 0 saturated carbocycles. The van der Waals surface area contributed by atoms with Gasteiger partial charge in [-0.2, -0.15) is 0 Å². The fraction of sp³-hybridized carbons (Fsp3) is 0.622. The summed E-state index contributed by atoms with van der Waals surface area (Å²) in [5.41, 5.74) is 2.82. The zero-order chi connectivity index (χ0) is 35.1. The van der Waals surface area contributed by atoms with Crippen molar-refractivity contribution in [3.05, 3.63) is 58.7 Å². The first kappa shape index (κ1) is 40.0. The molecule has 0 aliphatic heterocycles. The Morgan fingerprint density at radius 3 is 2.04 bits per heavy atom. The molecule has 0 bridgehead atoms. The average molecular weight is 660 g/mol. The van der Waals surface area contributed by atoms with E-state index in [9.17, 15) is 19.8 Å². The maximum atomic E-state index is 12.7. The normalized spacial score (nSPS) is 14.9. The lowest BCUT2D eigenvalue weighted by Crippen LogP contribution is -2.46. The molecule has 0 spiro atoms. The number of amides is 1. The highest BCUT2D eigenvalue weighted by atomic mass is 16.5. The third-order valence-electron chi connectivity index (χ3n) is 9.30. The van der Waals surface area contributed by atoms with Crippen LogP contribution in [0.1, 0.15) is 86.3 Å². The van der Waals surface area contributed by atoms with E-state index in [1.54, 1.807) is 27.4 Å². The van der Waals surface area contributed by atoms with Gasteiger partial charge in [0.05, 0.1) is 33.5 Å². The quantitative estimate of drug-likeness (QED) is 0.0914. The summed E-state index contributed by atoms with van der Waals surface area (Å²) >= 11 is 0. The van der Waals surface area contributed by atoms with Crippen molar-refractivity contribution in [2.45, 2.75) is 104 Å². The van der Waals surface area contributed by atoms with Crippen molar-refractivity contribution in [3.8, 4) is 11.5 Å². The second-order valence-electron chi connectivity index (χ2n) is 12.8. The molecule has 2 rings (SSSR count). The lowest BCUT2D eigenvalue weighted by Gasteiger charge is -2.40. The van der Waals surface area contributed by atoms with Crippen molar-refractivity contribution in [1.29, 1.82) is 0 Å². The number of esters is 1. The van der Waals surface area contributed by atoms with Gasteiger partial charge in [-0.25, -0.2) is 4.79 Å². The molecule has 3 N–H and O–H groups in total. The van der Waals surface area contributed by atoms with Crippen LogP contribution >= 0.6 is 0 Å². The number of aliphatic hydroxyl groups is 2. The van der Waals surface area contributed by atoms with Gasteiger partial charge in [0, 0.05) is 25.7 Å². The topological polar surface area (TPSA) is 133 Å². The molecule has 0 aliphatic carbocycles. The van der Waals surface area contributed by atoms with Crippen molar-refractivity contribution in [2.24, 2.45) is 11.3 Å². The molecule has 0 fully saturated rings. The summed E-state index contributed by atoms with van der Waals surface area (Å²) in [6.07, 6.45) is 2.65. The number of hydrogen-bond acceptors (Lipinski definition) is 9. The van der Waals surface area contributed by atoms with E-state index in [0.717, 1.165) is 42.4 Å². The number of nitrogens with one attached hydrogen (secondary N) is 1. The first-order valence-corrected chi connectivity index (χ1v) is 16.4. The number of ether oxygens (including phenoxy) is 5. The van der Waals surface area contributed by atoms with Gasteiger partial charge in [0.25, 0.3) is 5.91 Å². The maximum absolute atomic E-state index is 12.7. The first-order valence-electron chi connectivity index (χ1n) is 16.4. The molecule has 10 nitrogen and oxygen atoms in total. The van der Waals surface area contributed by atoms with Gasteiger partial charge in [-0.05, 0) is 68.1 Å². The minimum atomic E-state index is -1.24. The summed E-state index contributed by atoms with van der Waals surface area (Å²) in [6, 6.07) is 11.4. The van der Waals surface area contributed by atoms with Crippen molar-refractivity contribution in [2.75, 3.05) is 35.5 Å². The molecule has 0 aliphatic rings. The summed E-state index contributed by atoms with van der Waals surface area (Å²) < 4.78 is 27.9. The van der Waals surface area contributed by atoms with Crippen LogP contribution in [0.15, 0.2) is 36.4 Å². The summed E-state index contributed by atoms with van der Waals surface area (Å²) in [5, 5.41) is 23.7. The van der Waals surface area contributed by atoms with Crippen molar-refractivity contribution < 1.29 is 43.5 Å². The van der Waals surface area contributed by atoms with Gasteiger partial charge in [0.2, 0.25) is 0 Å². The molecule has 0 radical (unpaired) electrons. The monoisotopic (exact) mass is 659 g/mol. The van der Waals surface area contributed by atoms with Crippen LogP contribution in [0, 0.1) is 18.3 Å². The largest absolute Gasteiger partial charge is 0.496 e. The number of carbonyl (C=O) groups is 2. The van der Waals surface area contributed by atoms with Crippen LogP contribution in [-0.2, 0) is 31.8 Å². The van der Waals surface area contributed by atoms with Gasteiger partial charge in [-0.3, -0.25) is 4.79 Å². The fourth-order valence-corrected chi connectivity index (χ4v) is 6.39. The van der Waals surface area contributed by atoms with Crippen LogP contribution in [0.5, 0.6) is 11.5 Å². The highest BCUT2D eigenvalue weighted by Crippen LogP contribution is 2.37. The molecule has 2 aromatic rings. The number of unbranched alkanes of at least 4 members (excludes halogenated alkanes) is 2. The zero-order valence-corrected chi connectivity index (χ0v) is 29.8. The number of benzene rings is 2. The lowest BCUT2D eigenvalue weighted by molar-refractivity contribution is -0.135. The Labute approximate surface area is 281 Å². The van der Waals surface area contributed by atoms with Gasteiger partial charge in [0.15, 0.2) is 0 Å². The predicted octanol–water partition coefficient (Wildman–Crippen LogP) is 5.41. The van der Waals surface area contributed by atoms with E-state index in [1.165, 1.54) is 14.2 Å². The molecular formula is C37H57NO9. The Balaban J connectivity index is 1.92. The van der Waals surface area contributed by atoms with Crippen LogP contribution < -0.4 is 14.8 Å². The summed E-state index contributed by atoms with van der Waals surface area (Å²) in [6.45, 7) is 7.92. The molecule has 1 amide bonds. The molecule has 5 unspecified atom stereocenters. The Morgan fingerprint density at radius 1 is 0.851 bits per heavy atom. The van der Waals surface area contributed by atoms with E-state index in [4.69, 9.17) is 23.7 Å². The second-order valence-corrected chi connectivity index (χ2v) is 12.8. The van der Waals surface area contributed by atoms with Crippen LogP contribution in [0.2, 0.25) is 0 Å². The van der Waals surface area contributed by atoms with Gasteiger partial charge >= 0.3 is 5.97 Å². The molecule has 2 aromatic carbocycles. The van der Waals surface area contributed by atoms with E-state index in [-0.39, 0.29) is 24.5 Å². The van der Waals surface area contributed by atoms with E-state index in [0.29, 0.717) is 36.3 Å². The second kappa shape index (κ2) is 19.6. The van der Waals surface area contributed by atoms with Crippen LogP contribution in [0.4, 0.5) is 0 Å². The summed E-state index contributed by atoms with van der Waals surface area (Å²) in [5.74, 6) is -0.248. The number of carbonyl (C=O) groups excluding carboxylic acids is 2. The lowest BCUT2D eigenvalue weighted by atomic mass is 9.76. The molecule has 0 heterocycles. The minimum Gasteiger partial charge on any atom is -0.496 e. The Bertz CT molecular complexity index is 1250. The van der Waals surface area contributed by atoms with E-state index >= 15 is 0 Å². The van der Waals surface area contributed by atoms with Gasteiger partial charge < -0.3 is 39.2 Å². The predicted molar refractivity (Wildman–Crippen MR) is 182 cm³/mol. The molecule has 0 aromatic heterocycles. The maximum Gasteiger partial charge on any atom is 0.341 e. The Kier molecular flexibility index (Phi) is 16.7. The fourth-order valence-electron chi connectivity index (χ4n) is 6.39. The van der Waals surface area contributed by atoms with Crippen molar-refractivity contribution in [3.63, 3.8) is 0 Å². The van der Waals surface area contributed by atoms with Crippen LogP contribution in [0.3, 0.4) is 0 Å². The molecule has 264 valence electrons. The average Bonchev–Trinajstić information content (AvgIpc) is 3.06. The summed E-state index contributed by atoms with van der Waals surface area (Å²) in [4.78, 5) is 25.3. The molecule has 0 saturated heterocycles. The van der Waals surface area contributed by atoms with Gasteiger partial charge in [-0.15, -0.1) is 0 Å². The van der Waals surface area contributed by atoms with E-state index < -0.39 is 29.6 Å². The van der Waals surface area contributed by atoms with Crippen molar-refractivity contribution >= 4 is 11.9 Å². The van der Waals surface area contributed by atoms with Crippen LogP contribution in [0.25, 0.3) is 0 Å². The standard InChI is InChI=1S/C37H57NO9/c1-24(22-26-16-12-10-13-17-26)34(40)35(41)38-32(39)21-20-31(46-8)37(3,4)30(45-7)19-15-11-14-18-27-25(2)28(43-5)23-29(44-6)33(27)36(42)47-9/h10,12-13,16-17,23-24,30-32,34,39-40H,11,14-15,18-22H2,1-9H3,(H,38,41). The first-order chi connectivity index (χ1) is 22.4.